The predicted molar refractivity (Wildman–Crippen MR) is 132 cm³/mol. The van der Waals surface area contributed by atoms with Crippen LogP contribution in [0.15, 0.2) is 66.9 Å². The number of anilines is 1. The van der Waals surface area contributed by atoms with Crippen LogP contribution in [0.5, 0.6) is 0 Å². The first-order valence-corrected chi connectivity index (χ1v) is 11.5. The van der Waals surface area contributed by atoms with Gasteiger partial charge in [-0.2, -0.15) is 0 Å². The van der Waals surface area contributed by atoms with Gasteiger partial charge in [-0.3, -0.25) is 14.5 Å². The van der Waals surface area contributed by atoms with Crippen molar-refractivity contribution in [2.45, 2.75) is 45.3 Å². The number of nitrogens with one attached hydrogen (secondary N) is 1. The minimum Gasteiger partial charge on any atom is -0.352 e. The number of carbonyl (C=O) groups excluding carboxylic acids is 2. The molecule has 2 aromatic carbocycles. The van der Waals surface area contributed by atoms with Crippen LogP contribution in [0, 0.1) is 5.82 Å². The Morgan fingerprint density at radius 3 is 2.57 bits per heavy atom. The van der Waals surface area contributed by atoms with E-state index in [1.54, 1.807) is 42.1 Å². The van der Waals surface area contributed by atoms with Gasteiger partial charge in [-0.1, -0.05) is 30.3 Å². The van der Waals surface area contributed by atoms with Crippen molar-refractivity contribution in [1.29, 1.82) is 0 Å². The lowest BCUT2D eigenvalue weighted by molar-refractivity contribution is -0.128. The maximum Gasteiger partial charge on any atom is 0.249 e. The Kier molecular flexibility index (Phi) is 6.68. The van der Waals surface area contributed by atoms with Gasteiger partial charge in [0.1, 0.15) is 17.9 Å². The van der Waals surface area contributed by atoms with Crippen molar-refractivity contribution in [3.8, 4) is 0 Å². The number of aromatic nitrogens is 4. The average molecular weight is 477 g/mol. The van der Waals surface area contributed by atoms with Crippen LogP contribution in [0.4, 0.5) is 10.1 Å². The summed E-state index contributed by atoms with van der Waals surface area (Å²) in [6.07, 6.45) is 2.50. The first kappa shape index (κ1) is 24.1. The van der Waals surface area contributed by atoms with Crippen LogP contribution in [-0.2, 0) is 23.2 Å². The maximum atomic E-state index is 14.3. The highest BCUT2D eigenvalue weighted by molar-refractivity contribution is 6.01. The van der Waals surface area contributed by atoms with Crippen LogP contribution in [0.3, 0.4) is 0 Å². The standard InChI is InChI=1S/C26H29FN6O2/c1-5-26(2,3)28-25(35)24(22-14-9-15-31(22)4)33(19-11-8-10-18(27)16-19)23(34)17-32-21-13-7-6-12-20(21)29-30-32/h6-16,24H,5,17H2,1-4H3,(H,28,35)/t24-/m1/s1. The van der Waals surface area contributed by atoms with E-state index >= 15 is 0 Å². The molecule has 9 heteroatoms. The molecule has 2 aromatic heterocycles. The quantitative estimate of drug-likeness (QED) is 0.417. The fourth-order valence-electron chi connectivity index (χ4n) is 3.93. The number of amides is 2. The number of hydrogen-bond donors (Lipinski definition) is 1. The number of aryl methyl sites for hydroxylation is 1. The number of carbonyl (C=O) groups is 2. The molecule has 1 atom stereocenters. The summed E-state index contributed by atoms with van der Waals surface area (Å²) in [5, 5.41) is 11.3. The Morgan fingerprint density at radius 1 is 1.11 bits per heavy atom. The molecule has 35 heavy (non-hydrogen) atoms. The van der Waals surface area contributed by atoms with Crippen LogP contribution >= 0.6 is 0 Å². The summed E-state index contributed by atoms with van der Waals surface area (Å²) in [7, 11) is 1.81. The zero-order valence-corrected chi connectivity index (χ0v) is 20.3. The van der Waals surface area contributed by atoms with Gasteiger partial charge in [-0.15, -0.1) is 5.10 Å². The largest absolute Gasteiger partial charge is 0.352 e. The van der Waals surface area contributed by atoms with Crippen LogP contribution in [0.1, 0.15) is 38.9 Å². The Hall–Kier alpha value is -4.01. The van der Waals surface area contributed by atoms with E-state index in [0.717, 1.165) is 0 Å². The van der Waals surface area contributed by atoms with E-state index in [1.165, 1.54) is 27.8 Å². The molecule has 182 valence electrons. The molecule has 1 N–H and O–H groups in total. The van der Waals surface area contributed by atoms with Gasteiger partial charge >= 0.3 is 0 Å². The van der Waals surface area contributed by atoms with E-state index in [0.29, 0.717) is 23.1 Å². The van der Waals surface area contributed by atoms with Crippen LogP contribution < -0.4 is 10.2 Å². The second-order valence-electron chi connectivity index (χ2n) is 9.15. The molecule has 0 aliphatic carbocycles. The molecule has 0 spiro atoms. The van der Waals surface area contributed by atoms with Crippen molar-refractivity contribution in [3.63, 3.8) is 0 Å². The normalized spacial score (nSPS) is 12.5. The first-order valence-electron chi connectivity index (χ1n) is 11.5. The van der Waals surface area contributed by atoms with Crippen molar-refractivity contribution in [2.24, 2.45) is 7.05 Å². The first-order chi connectivity index (χ1) is 16.7. The predicted octanol–water partition coefficient (Wildman–Crippen LogP) is 3.99. The van der Waals surface area contributed by atoms with Crippen molar-refractivity contribution in [3.05, 3.63) is 78.4 Å². The molecule has 4 rings (SSSR count). The molecule has 0 saturated heterocycles. The highest BCUT2D eigenvalue weighted by atomic mass is 19.1. The maximum absolute atomic E-state index is 14.3. The molecular formula is C26H29FN6O2. The number of para-hydroxylation sites is 1. The molecule has 4 aromatic rings. The van der Waals surface area contributed by atoms with Gasteiger partial charge in [0.25, 0.3) is 0 Å². The number of fused-ring (bicyclic) bond motifs is 1. The zero-order chi connectivity index (χ0) is 25.2. The molecule has 2 heterocycles. The fraction of sp³-hybridized carbons (Fsp3) is 0.308. The topological polar surface area (TPSA) is 85.0 Å². The molecule has 0 aliphatic heterocycles. The number of hydrogen-bond acceptors (Lipinski definition) is 4. The number of benzene rings is 2. The molecule has 0 unspecified atom stereocenters. The minimum absolute atomic E-state index is 0.178. The summed E-state index contributed by atoms with van der Waals surface area (Å²) in [5.74, 6) is -1.30. The summed E-state index contributed by atoms with van der Waals surface area (Å²) in [6, 6.07) is 15.6. The molecule has 0 aliphatic rings. The smallest absolute Gasteiger partial charge is 0.249 e. The lowest BCUT2D eigenvalue weighted by Crippen LogP contribution is -2.51. The SMILES string of the molecule is CCC(C)(C)NC(=O)[C@@H](c1cccn1C)N(C(=O)Cn1nnc2ccccc21)c1cccc(F)c1. The van der Waals surface area contributed by atoms with Gasteiger partial charge in [0.2, 0.25) is 11.8 Å². The lowest BCUT2D eigenvalue weighted by Gasteiger charge is -2.34. The number of nitrogens with zero attached hydrogens (tertiary/aromatic N) is 5. The highest BCUT2D eigenvalue weighted by Gasteiger charge is 2.36. The van der Waals surface area contributed by atoms with E-state index in [2.05, 4.69) is 15.6 Å². The van der Waals surface area contributed by atoms with Crippen molar-refractivity contribution in [1.82, 2.24) is 24.9 Å². The van der Waals surface area contributed by atoms with Gasteiger partial charge < -0.3 is 9.88 Å². The van der Waals surface area contributed by atoms with Crippen LogP contribution in [0.2, 0.25) is 0 Å². The fourth-order valence-corrected chi connectivity index (χ4v) is 3.93. The van der Waals surface area contributed by atoms with E-state index in [1.807, 2.05) is 39.0 Å². The van der Waals surface area contributed by atoms with Gasteiger partial charge in [-0.05, 0) is 62.7 Å². The molecule has 0 fully saturated rings. The van der Waals surface area contributed by atoms with Gasteiger partial charge in [0, 0.05) is 24.5 Å². The molecule has 0 saturated carbocycles. The van der Waals surface area contributed by atoms with Crippen molar-refractivity contribution in [2.75, 3.05) is 4.90 Å². The van der Waals surface area contributed by atoms with Gasteiger partial charge in [0.15, 0.2) is 6.04 Å². The zero-order valence-electron chi connectivity index (χ0n) is 20.3. The second kappa shape index (κ2) is 9.69. The van der Waals surface area contributed by atoms with Crippen molar-refractivity contribution < 1.29 is 14.0 Å². The van der Waals surface area contributed by atoms with E-state index in [4.69, 9.17) is 0 Å². The van der Waals surface area contributed by atoms with Gasteiger partial charge in [-0.25, -0.2) is 9.07 Å². The average Bonchev–Trinajstić information content (AvgIpc) is 3.43. The van der Waals surface area contributed by atoms with E-state index in [9.17, 15) is 14.0 Å². The van der Waals surface area contributed by atoms with E-state index in [-0.39, 0.29) is 18.1 Å². The van der Waals surface area contributed by atoms with Crippen LogP contribution in [-0.4, -0.2) is 36.9 Å². The number of rotatable bonds is 8. The summed E-state index contributed by atoms with van der Waals surface area (Å²) in [4.78, 5) is 29.0. The molecule has 0 bridgehead atoms. The molecular weight excluding hydrogens is 447 g/mol. The third-order valence-corrected chi connectivity index (χ3v) is 6.18. The van der Waals surface area contributed by atoms with Crippen LogP contribution in [0.25, 0.3) is 11.0 Å². The van der Waals surface area contributed by atoms with Crippen molar-refractivity contribution >= 4 is 28.5 Å². The monoisotopic (exact) mass is 476 g/mol. The highest BCUT2D eigenvalue weighted by Crippen LogP contribution is 2.30. The Labute approximate surface area is 203 Å². The minimum atomic E-state index is -1.04. The number of halogens is 1. The van der Waals surface area contributed by atoms with Gasteiger partial charge in [0.05, 0.1) is 11.2 Å². The summed E-state index contributed by atoms with van der Waals surface area (Å²) in [6.45, 7) is 5.64. The lowest BCUT2D eigenvalue weighted by atomic mass is 10.00. The molecule has 2 amide bonds. The summed E-state index contributed by atoms with van der Waals surface area (Å²) in [5.41, 5.74) is 1.70. The summed E-state index contributed by atoms with van der Waals surface area (Å²) < 4.78 is 17.6. The Morgan fingerprint density at radius 2 is 1.89 bits per heavy atom. The van der Waals surface area contributed by atoms with E-state index < -0.39 is 23.3 Å². The molecule has 0 radical (unpaired) electrons. The third kappa shape index (κ3) is 5.08. The Balaban J connectivity index is 1.81. The second-order valence-corrected chi connectivity index (χ2v) is 9.15. The Bertz CT molecular complexity index is 1360. The third-order valence-electron chi connectivity index (χ3n) is 6.18. The summed E-state index contributed by atoms with van der Waals surface area (Å²) >= 11 is 0. The molecule has 8 nitrogen and oxygen atoms in total.